The third-order valence-electron chi connectivity index (χ3n) is 3.02. The highest BCUT2D eigenvalue weighted by Crippen LogP contribution is 2.30. The molecule has 0 unspecified atom stereocenters. The third-order valence-corrected chi connectivity index (χ3v) is 4.18. The number of thioether (sulfide) groups is 1. The predicted octanol–water partition coefficient (Wildman–Crippen LogP) is 3.06. The molecule has 0 saturated carbocycles. The molecule has 2 rings (SSSR count). The average Bonchev–Trinajstić information content (AvgIpc) is 2.50. The number of rotatable bonds is 6. The van der Waals surface area contributed by atoms with E-state index in [0.717, 1.165) is 35.1 Å². The Hall–Kier alpha value is -1.72. The van der Waals surface area contributed by atoms with Crippen molar-refractivity contribution in [3.8, 4) is 0 Å². The molecule has 0 heterocycles. The first-order valence-electron chi connectivity index (χ1n) is 6.39. The lowest BCUT2D eigenvalue weighted by Crippen LogP contribution is -2.13. The molecule has 0 aliphatic heterocycles. The molecule has 4 nitrogen and oxygen atoms in total. The molecule has 0 aliphatic carbocycles. The van der Waals surface area contributed by atoms with Gasteiger partial charge in [0.2, 0.25) is 0 Å². The first kappa shape index (κ1) is 14.7. The summed E-state index contributed by atoms with van der Waals surface area (Å²) in [7, 11) is 1.71. The minimum absolute atomic E-state index is 0.136. The van der Waals surface area contributed by atoms with Crippen LogP contribution in [-0.4, -0.2) is 30.5 Å². The molecule has 20 heavy (non-hydrogen) atoms. The zero-order valence-corrected chi connectivity index (χ0v) is 12.2. The van der Waals surface area contributed by atoms with Crippen molar-refractivity contribution in [3.63, 3.8) is 0 Å². The van der Waals surface area contributed by atoms with E-state index in [-0.39, 0.29) is 5.84 Å². The van der Waals surface area contributed by atoms with Crippen molar-refractivity contribution in [1.29, 1.82) is 0 Å². The second-order valence-electron chi connectivity index (χ2n) is 4.34. The Labute approximate surface area is 122 Å². The van der Waals surface area contributed by atoms with Crippen LogP contribution in [0.2, 0.25) is 0 Å². The summed E-state index contributed by atoms with van der Waals surface area (Å²) >= 11 is 1.79. The molecular weight excluding hydrogens is 272 g/mol. The summed E-state index contributed by atoms with van der Waals surface area (Å²) in [5, 5.41) is 14.1. The van der Waals surface area contributed by atoms with Crippen molar-refractivity contribution in [3.05, 3.63) is 42.0 Å². The lowest BCUT2D eigenvalue weighted by Gasteiger charge is -2.10. The number of ether oxygens (including phenoxy) is 1. The Morgan fingerprint density at radius 1 is 1.25 bits per heavy atom. The summed E-state index contributed by atoms with van der Waals surface area (Å²) in [5.74, 6) is 1.14. The standard InChI is InChI=1S/C15H18N2O2S/c1-19-9-4-10-20-14-8-7-13(15(16)17-18)11-5-2-3-6-12(11)14/h2-3,5-8,18H,4,9-10H2,1H3,(H2,16,17). The van der Waals surface area contributed by atoms with Crippen LogP contribution < -0.4 is 5.73 Å². The molecule has 0 bridgehead atoms. The number of amidine groups is 1. The highest BCUT2D eigenvalue weighted by Gasteiger charge is 2.09. The largest absolute Gasteiger partial charge is 0.409 e. The second kappa shape index (κ2) is 7.17. The van der Waals surface area contributed by atoms with Crippen molar-refractivity contribution in [2.75, 3.05) is 19.5 Å². The van der Waals surface area contributed by atoms with Crippen molar-refractivity contribution >= 4 is 28.4 Å². The van der Waals surface area contributed by atoms with Crippen LogP contribution in [0.25, 0.3) is 10.8 Å². The summed E-state index contributed by atoms with van der Waals surface area (Å²) in [6.07, 6.45) is 1.01. The molecule has 2 aromatic rings. The minimum Gasteiger partial charge on any atom is -0.409 e. The van der Waals surface area contributed by atoms with Gasteiger partial charge in [-0.1, -0.05) is 29.4 Å². The van der Waals surface area contributed by atoms with E-state index in [2.05, 4.69) is 11.2 Å². The summed E-state index contributed by atoms with van der Waals surface area (Å²) in [4.78, 5) is 1.20. The van der Waals surface area contributed by atoms with E-state index in [0.29, 0.717) is 0 Å². The maximum Gasteiger partial charge on any atom is 0.170 e. The highest BCUT2D eigenvalue weighted by molar-refractivity contribution is 7.99. The molecular formula is C15H18N2O2S. The Morgan fingerprint density at radius 3 is 2.70 bits per heavy atom. The summed E-state index contributed by atoms with van der Waals surface area (Å²) in [5.41, 5.74) is 6.48. The van der Waals surface area contributed by atoms with E-state index >= 15 is 0 Å². The van der Waals surface area contributed by atoms with Crippen LogP contribution in [-0.2, 0) is 4.74 Å². The molecule has 2 aromatic carbocycles. The quantitative estimate of drug-likeness (QED) is 0.214. The number of fused-ring (bicyclic) bond motifs is 1. The van der Waals surface area contributed by atoms with Crippen molar-refractivity contribution in [2.45, 2.75) is 11.3 Å². The van der Waals surface area contributed by atoms with Gasteiger partial charge in [-0.05, 0) is 29.3 Å². The Bertz CT molecular complexity index is 614. The molecule has 106 valence electrons. The van der Waals surface area contributed by atoms with Crippen molar-refractivity contribution < 1.29 is 9.94 Å². The number of methoxy groups -OCH3 is 1. The minimum atomic E-state index is 0.136. The molecule has 0 amide bonds. The number of hydrogen-bond acceptors (Lipinski definition) is 4. The molecule has 0 aromatic heterocycles. The summed E-state index contributed by atoms with van der Waals surface area (Å²) in [6, 6.07) is 11.9. The van der Waals surface area contributed by atoms with Gasteiger partial charge in [0.25, 0.3) is 0 Å². The molecule has 0 spiro atoms. The summed E-state index contributed by atoms with van der Waals surface area (Å²) < 4.78 is 5.06. The number of benzene rings is 2. The second-order valence-corrected chi connectivity index (χ2v) is 5.47. The Balaban J connectivity index is 2.34. The number of nitrogens with zero attached hydrogens (tertiary/aromatic N) is 1. The monoisotopic (exact) mass is 290 g/mol. The maximum absolute atomic E-state index is 8.86. The first-order valence-corrected chi connectivity index (χ1v) is 7.38. The van der Waals surface area contributed by atoms with Crippen LogP contribution in [0.3, 0.4) is 0 Å². The number of nitrogens with two attached hydrogens (primary N) is 1. The van der Waals surface area contributed by atoms with E-state index in [1.807, 2.05) is 30.3 Å². The van der Waals surface area contributed by atoms with Crippen LogP contribution in [0.4, 0.5) is 0 Å². The van der Waals surface area contributed by atoms with Gasteiger partial charge in [0, 0.05) is 29.9 Å². The molecule has 0 aliphatic rings. The van der Waals surface area contributed by atoms with Crippen LogP contribution in [0.15, 0.2) is 46.4 Å². The van der Waals surface area contributed by atoms with E-state index in [1.54, 1.807) is 18.9 Å². The fourth-order valence-corrected chi connectivity index (χ4v) is 3.04. The number of hydrogen-bond donors (Lipinski definition) is 2. The average molecular weight is 290 g/mol. The molecule has 0 saturated heterocycles. The van der Waals surface area contributed by atoms with E-state index < -0.39 is 0 Å². The lowest BCUT2D eigenvalue weighted by molar-refractivity contribution is 0.200. The smallest absolute Gasteiger partial charge is 0.170 e. The molecule has 0 atom stereocenters. The molecule has 5 heteroatoms. The Kier molecular flexibility index (Phi) is 5.26. The zero-order chi connectivity index (χ0) is 14.4. The van der Waals surface area contributed by atoms with Crippen molar-refractivity contribution in [2.24, 2.45) is 10.9 Å². The maximum atomic E-state index is 8.86. The van der Waals surface area contributed by atoms with Gasteiger partial charge in [-0.15, -0.1) is 11.8 Å². The number of oxime groups is 1. The normalized spacial score (nSPS) is 11.9. The van der Waals surface area contributed by atoms with Gasteiger partial charge in [-0.2, -0.15) is 0 Å². The van der Waals surface area contributed by atoms with Crippen molar-refractivity contribution in [1.82, 2.24) is 0 Å². The molecule has 3 N–H and O–H groups in total. The summed E-state index contributed by atoms with van der Waals surface area (Å²) in [6.45, 7) is 0.771. The van der Waals surface area contributed by atoms with E-state index in [1.165, 1.54) is 4.90 Å². The fraction of sp³-hybridized carbons (Fsp3) is 0.267. The topological polar surface area (TPSA) is 67.8 Å². The van der Waals surface area contributed by atoms with Gasteiger partial charge in [0.05, 0.1) is 0 Å². The van der Waals surface area contributed by atoms with Crippen LogP contribution in [0, 0.1) is 0 Å². The SMILES string of the molecule is COCCCSc1ccc(/C(N)=N/O)c2ccccc12. The van der Waals surface area contributed by atoms with Gasteiger partial charge in [0.15, 0.2) is 5.84 Å². The predicted molar refractivity (Wildman–Crippen MR) is 83.7 cm³/mol. The van der Waals surface area contributed by atoms with Gasteiger partial charge in [-0.25, -0.2) is 0 Å². The zero-order valence-electron chi connectivity index (χ0n) is 11.4. The first-order chi connectivity index (χ1) is 9.77. The fourth-order valence-electron chi connectivity index (χ4n) is 2.06. The van der Waals surface area contributed by atoms with Gasteiger partial charge >= 0.3 is 0 Å². The van der Waals surface area contributed by atoms with Crippen LogP contribution in [0.5, 0.6) is 0 Å². The van der Waals surface area contributed by atoms with E-state index in [4.69, 9.17) is 15.7 Å². The van der Waals surface area contributed by atoms with Gasteiger partial charge in [-0.3, -0.25) is 0 Å². The van der Waals surface area contributed by atoms with Crippen LogP contribution >= 0.6 is 11.8 Å². The van der Waals surface area contributed by atoms with Gasteiger partial charge in [0.1, 0.15) is 0 Å². The Morgan fingerprint density at radius 2 is 2.00 bits per heavy atom. The lowest BCUT2D eigenvalue weighted by atomic mass is 10.0. The third kappa shape index (κ3) is 3.23. The van der Waals surface area contributed by atoms with Gasteiger partial charge < -0.3 is 15.7 Å². The van der Waals surface area contributed by atoms with Crippen LogP contribution in [0.1, 0.15) is 12.0 Å². The highest BCUT2D eigenvalue weighted by atomic mass is 32.2. The molecule has 0 radical (unpaired) electrons. The van der Waals surface area contributed by atoms with E-state index in [9.17, 15) is 0 Å². The molecule has 0 fully saturated rings.